The second kappa shape index (κ2) is 26.2. The standard InChI is InChI=1S/C51H30N4O2.C51H30N4OS/c1-3-11-31(12-4-1)49-52-50(32-13-5-2-6-14-32)54-51(53-49)35-21-25-47-41(29-35)42-30-36(22-26-48(42)57-47)55-43-17-9-7-15-37(43)39-27-33(19-23-44(39)55)34-20-24-46-40(28-34)38-16-8-10-18-45(38)56-46;1-3-13-31(14-4-1)49-52-50(32-15-5-2-6-16-32)54-51(53-49)39-21-11-19-37-38-20-12-23-44(48(38)57-47(37)39)55-42-22-9-7-17-35(42)40-29-33(25-27-43(40)55)34-26-28-46-41(30-34)36-18-8-10-24-45(36)56-46/h2*1-30H. The van der Waals surface area contributed by atoms with Crippen molar-refractivity contribution in [3.63, 3.8) is 0 Å². The van der Waals surface area contributed by atoms with Crippen LogP contribution >= 0.6 is 11.3 Å². The van der Waals surface area contributed by atoms with Crippen molar-refractivity contribution in [2.24, 2.45) is 0 Å². The van der Waals surface area contributed by atoms with E-state index in [4.69, 9.17) is 43.2 Å². The Morgan fingerprint density at radius 1 is 0.193 bits per heavy atom. The number of aromatic nitrogens is 8. The first-order chi connectivity index (χ1) is 56.5. The number of hydrogen-bond acceptors (Lipinski definition) is 10. The van der Waals surface area contributed by atoms with E-state index in [9.17, 15) is 0 Å². The highest BCUT2D eigenvalue weighted by Gasteiger charge is 2.24. The van der Waals surface area contributed by atoms with Gasteiger partial charge in [-0.1, -0.05) is 243 Å². The molecule has 11 nitrogen and oxygen atoms in total. The minimum absolute atomic E-state index is 0.605. The summed E-state index contributed by atoms with van der Waals surface area (Å²) in [5.74, 6) is 3.83. The Morgan fingerprint density at radius 3 is 1.02 bits per heavy atom. The first-order valence-corrected chi connectivity index (χ1v) is 38.8. The number of furan rings is 3. The molecule has 0 radical (unpaired) electrons. The Kier molecular flexibility index (Phi) is 14.9. The second-order valence-electron chi connectivity index (χ2n) is 28.8. The van der Waals surface area contributed by atoms with Crippen LogP contribution in [-0.4, -0.2) is 39.0 Å². The largest absolute Gasteiger partial charge is 0.456 e. The van der Waals surface area contributed by atoms with Gasteiger partial charge in [0.1, 0.15) is 33.5 Å². The molecule has 0 atom stereocenters. The number of rotatable bonds is 10. The minimum Gasteiger partial charge on any atom is -0.456 e. The van der Waals surface area contributed by atoms with Gasteiger partial charge in [0.05, 0.1) is 32.5 Å². The normalized spacial score (nSPS) is 11.9. The highest BCUT2D eigenvalue weighted by Crippen LogP contribution is 2.47. The highest BCUT2D eigenvalue weighted by atomic mass is 32.1. The Morgan fingerprint density at radius 2 is 0.518 bits per heavy atom. The van der Waals surface area contributed by atoms with Crippen LogP contribution in [-0.2, 0) is 0 Å². The summed E-state index contributed by atoms with van der Waals surface area (Å²) in [6, 6.07) is 127. The van der Waals surface area contributed by atoms with Crippen molar-refractivity contribution in [3.8, 4) is 102 Å². The molecular formula is C102H60N8O3S. The van der Waals surface area contributed by atoms with E-state index in [1.807, 2.05) is 133 Å². The fourth-order valence-corrected chi connectivity index (χ4v) is 18.0. The summed E-state index contributed by atoms with van der Waals surface area (Å²) in [5, 5.41) is 13.7. The van der Waals surface area contributed by atoms with Gasteiger partial charge in [-0.05, 0) is 144 Å². The van der Waals surface area contributed by atoms with E-state index in [2.05, 4.69) is 240 Å². The molecule has 532 valence electrons. The van der Waals surface area contributed by atoms with Gasteiger partial charge in [0, 0.05) is 108 Å². The van der Waals surface area contributed by atoms with Gasteiger partial charge in [0.25, 0.3) is 0 Å². The molecule has 114 heavy (non-hydrogen) atoms. The molecule has 0 spiro atoms. The molecule has 0 unspecified atom stereocenters. The van der Waals surface area contributed by atoms with Crippen LogP contribution in [0.5, 0.6) is 0 Å². The average molecular weight is 1480 g/mol. The quantitative estimate of drug-likeness (QED) is 0.131. The maximum atomic E-state index is 6.42. The molecule has 0 aliphatic carbocycles. The Labute approximate surface area is 654 Å². The zero-order valence-corrected chi connectivity index (χ0v) is 61.7. The molecule has 0 N–H and O–H groups in total. The number of fused-ring (bicyclic) bond motifs is 18. The number of thiophene rings is 1. The molecule has 0 aliphatic heterocycles. The van der Waals surface area contributed by atoms with E-state index in [-0.39, 0.29) is 0 Å². The van der Waals surface area contributed by atoms with Crippen molar-refractivity contribution >= 4 is 141 Å². The molecule has 16 aromatic carbocycles. The van der Waals surface area contributed by atoms with Gasteiger partial charge in [-0.25, -0.2) is 29.9 Å². The summed E-state index contributed by atoms with van der Waals surface area (Å²) in [6.07, 6.45) is 0. The molecule has 0 saturated heterocycles. The minimum atomic E-state index is 0.605. The van der Waals surface area contributed by atoms with Crippen LogP contribution in [0.15, 0.2) is 377 Å². The van der Waals surface area contributed by atoms with Gasteiger partial charge in [0.15, 0.2) is 34.9 Å². The van der Waals surface area contributed by atoms with Gasteiger partial charge in [-0.2, -0.15) is 0 Å². The van der Waals surface area contributed by atoms with E-state index in [1.165, 1.54) is 48.1 Å². The van der Waals surface area contributed by atoms with Crippen molar-refractivity contribution in [3.05, 3.63) is 364 Å². The molecule has 8 aromatic heterocycles. The summed E-state index contributed by atoms with van der Waals surface area (Å²) < 4.78 is 25.8. The Bertz CT molecular complexity index is 7880. The lowest BCUT2D eigenvalue weighted by molar-refractivity contribution is 0.668. The van der Waals surface area contributed by atoms with Gasteiger partial charge in [-0.3, -0.25) is 0 Å². The van der Waals surface area contributed by atoms with Crippen LogP contribution in [0.2, 0.25) is 0 Å². The SMILES string of the molecule is c1ccc(-c2nc(-c3ccccc3)nc(-c3ccc4oc5ccc(-n6c7ccccc7c7cc(-c8ccc9oc%10ccccc%10c9c8)ccc76)cc5c4c3)n2)cc1.c1ccc(-c2nc(-c3ccccc3)nc(-c3cccc4c3sc3c(-n5c6ccccc6c6cc(-c7ccc8oc9ccccc9c8c7)ccc65)cccc34)n2)cc1. The number of nitrogens with zero attached hydrogens (tertiary/aromatic N) is 8. The Hall–Kier alpha value is -15.2. The molecule has 12 heteroatoms. The third-order valence-corrected chi connectivity index (χ3v) is 23.4. The fourth-order valence-electron chi connectivity index (χ4n) is 16.7. The zero-order chi connectivity index (χ0) is 74.9. The first-order valence-electron chi connectivity index (χ1n) is 38.0. The predicted molar refractivity (Wildman–Crippen MR) is 467 cm³/mol. The lowest BCUT2D eigenvalue weighted by Crippen LogP contribution is -2.00. The van der Waals surface area contributed by atoms with Crippen molar-refractivity contribution in [1.82, 2.24) is 39.0 Å². The number of para-hydroxylation sites is 4. The molecule has 8 heterocycles. The lowest BCUT2D eigenvalue weighted by Gasteiger charge is -2.10. The van der Waals surface area contributed by atoms with Crippen LogP contribution < -0.4 is 0 Å². The Balaban J connectivity index is 0.000000135. The van der Waals surface area contributed by atoms with Gasteiger partial charge < -0.3 is 22.4 Å². The van der Waals surface area contributed by atoms with Crippen LogP contribution in [0, 0.1) is 0 Å². The molecule has 0 bridgehead atoms. The van der Waals surface area contributed by atoms with Crippen LogP contribution in [0.3, 0.4) is 0 Å². The van der Waals surface area contributed by atoms with Crippen LogP contribution in [0.1, 0.15) is 0 Å². The maximum Gasteiger partial charge on any atom is 0.165 e. The van der Waals surface area contributed by atoms with E-state index in [0.717, 1.165) is 149 Å². The lowest BCUT2D eigenvalue weighted by atomic mass is 10.0. The molecular weight excluding hydrogens is 1420 g/mol. The van der Waals surface area contributed by atoms with Crippen molar-refractivity contribution in [2.75, 3.05) is 0 Å². The summed E-state index contributed by atoms with van der Waals surface area (Å²) in [4.78, 5) is 30.0. The summed E-state index contributed by atoms with van der Waals surface area (Å²) in [7, 11) is 0. The van der Waals surface area contributed by atoms with Crippen molar-refractivity contribution in [2.45, 2.75) is 0 Å². The van der Waals surface area contributed by atoms with Crippen molar-refractivity contribution < 1.29 is 13.3 Å². The third-order valence-electron chi connectivity index (χ3n) is 22.1. The van der Waals surface area contributed by atoms with Crippen molar-refractivity contribution in [1.29, 1.82) is 0 Å². The molecule has 0 saturated carbocycles. The van der Waals surface area contributed by atoms with Gasteiger partial charge in [-0.15, -0.1) is 11.3 Å². The molecule has 24 aromatic rings. The van der Waals surface area contributed by atoms with Gasteiger partial charge in [0.2, 0.25) is 0 Å². The monoisotopic (exact) mass is 1480 g/mol. The predicted octanol–water partition coefficient (Wildman–Crippen LogP) is 27.3. The summed E-state index contributed by atoms with van der Waals surface area (Å²) in [6.45, 7) is 0. The maximum absolute atomic E-state index is 6.42. The van der Waals surface area contributed by atoms with E-state index < -0.39 is 0 Å². The van der Waals surface area contributed by atoms with E-state index in [1.54, 1.807) is 11.3 Å². The number of benzene rings is 16. The number of hydrogen-bond donors (Lipinski definition) is 0. The van der Waals surface area contributed by atoms with E-state index in [0.29, 0.717) is 34.9 Å². The summed E-state index contributed by atoms with van der Waals surface area (Å²) in [5.41, 5.74) is 22.4. The first kappa shape index (κ1) is 64.7. The highest BCUT2D eigenvalue weighted by molar-refractivity contribution is 7.26. The van der Waals surface area contributed by atoms with Crippen LogP contribution in [0.25, 0.3) is 232 Å². The molecule has 0 fully saturated rings. The topological polar surface area (TPSA) is 127 Å². The van der Waals surface area contributed by atoms with Crippen LogP contribution in [0.4, 0.5) is 0 Å². The average Bonchev–Trinajstić information content (AvgIpc) is 1.57. The second-order valence-corrected chi connectivity index (χ2v) is 29.8. The fraction of sp³-hybridized carbons (Fsp3) is 0. The van der Waals surface area contributed by atoms with E-state index >= 15 is 0 Å². The smallest absolute Gasteiger partial charge is 0.165 e. The molecule has 0 aliphatic rings. The van der Waals surface area contributed by atoms with Gasteiger partial charge >= 0.3 is 0 Å². The zero-order valence-electron chi connectivity index (χ0n) is 60.9. The third kappa shape index (κ3) is 10.8. The molecule has 0 amide bonds. The summed E-state index contributed by atoms with van der Waals surface area (Å²) >= 11 is 1.80. The molecule has 24 rings (SSSR count).